The smallest absolute Gasteiger partial charge is 0.307 e. The number of methoxy groups -OCH3 is 1. The van der Waals surface area contributed by atoms with Crippen molar-refractivity contribution >= 4 is 23.5 Å². The molecule has 0 aromatic carbocycles. The van der Waals surface area contributed by atoms with Crippen molar-refractivity contribution < 1.29 is 24.2 Å². The molecule has 4 unspecified atom stereocenters. The van der Waals surface area contributed by atoms with Crippen molar-refractivity contribution in [3.63, 3.8) is 0 Å². The summed E-state index contributed by atoms with van der Waals surface area (Å²) in [6.45, 7) is 3.12. The Hall–Kier alpha value is -2.42. The molecule has 1 heterocycles. The number of rotatable bonds is 8. The first-order valence-corrected chi connectivity index (χ1v) is 9.34. The second kappa shape index (κ2) is 8.08. The summed E-state index contributed by atoms with van der Waals surface area (Å²) in [6, 6.07) is 0. The van der Waals surface area contributed by atoms with Gasteiger partial charge in [-0.2, -0.15) is 5.10 Å². The van der Waals surface area contributed by atoms with Gasteiger partial charge < -0.3 is 20.5 Å². The van der Waals surface area contributed by atoms with Crippen molar-refractivity contribution in [1.29, 1.82) is 0 Å². The zero-order valence-electron chi connectivity index (χ0n) is 15.6. The minimum atomic E-state index is -0.913. The van der Waals surface area contributed by atoms with Crippen molar-refractivity contribution in [2.75, 3.05) is 25.6 Å². The van der Waals surface area contributed by atoms with E-state index < -0.39 is 23.7 Å². The Morgan fingerprint density at radius 1 is 1.30 bits per heavy atom. The number of aromatic nitrogens is 2. The lowest BCUT2D eigenvalue weighted by molar-refractivity contribution is -0.148. The summed E-state index contributed by atoms with van der Waals surface area (Å²) in [7, 11) is 1.54. The van der Waals surface area contributed by atoms with E-state index in [4.69, 9.17) is 4.74 Å². The number of nitrogens with zero attached hydrogens (tertiary/aromatic N) is 2. The van der Waals surface area contributed by atoms with Crippen LogP contribution in [0.3, 0.4) is 0 Å². The van der Waals surface area contributed by atoms with Crippen molar-refractivity contribution in [2.45, 2.75) is 32.7 Å². The van der Waals surface area contributed by atoms with Crippen LogP contribution in [0.25, 0.3) is 0 Å². The van der Waals surface area contributed by atoms with E-state index in [-0.39, 0.29) is 23.4 Å². The molecule has 2 aliphatic carbocycles. The Balaban J connectivity index is 1.76. The molecule has 9 nitrogen and oxygen atoms in total. The first-order chi connectivity index (χ1) is 13.0. The van der Waals surface area contributed by atoms with Gasteiger partial charge in [-0.25, -0.2) is 0 Å². The van der Waals surface area contributed by atoms with Crippen LogP contribution >= 0.6 is 0 Å². The van der Waals surface area contributed by atoms with Gasteiger partial charge in [0.2, 0.25) is 5.91 Å². The van der Waals surface area contributed by atoms with Crippen LogP contribution in [0.4, 0.5) is 5.69 Å². The number of carboxylic acids is 1. The Bertz CT molecular complexity index is 731. The number of carbonyl (C=O) groups excluding carboxylic acids is 2. The second-order valence-corrected chi connectivity index (χ2v) is 7.21. The number of fused-ring (bicyclic) bond motifs is 2. The summed E-state index contributed by atoms with van der Waals surface area (Å²) < 4.78 is 6.48. The number of carbonyl (C=O) groups is 3. The summed E-state index contributed by atoms with van der Waals surface area (Å²) >= 11 is 0. The molecule has 2 aliphatic rings. The number of ether oxygens (including phenoxy) is 1. The maximum absolute atomic E-state index is 12.9. The molecule has 3 rings (SSSR count). The maximum atomic E-state index is 12.9. The SMILES string of the molecule is CCn1cc(NC(=O)C2C3CCC(C3)C2C(=O)O)c(C(=O)NCCOC)n1. The van der Waals surface area contributed by atoms with E-state index in [0.717, 1.165) is 19.3 Å². The third-order valence-corrected chi connectivity index (χ3v) is 5.65. The van der Waals surface area contributed by atoms with Crippen LogP contribution in [-0.2, 0) is 20.9 Å². The van der Waals surface area contributed by atoms with Crippen LogP contribution in [0.2, 0.25) is 0 Å². The van der Waals surface area contributed by atoms with Gasteiger partial charge in [-0.3, -0.25) is 19.1 Å². The Morgan fingerprint density at radius 2 is 2.00 bits per heavy atom. The van der Waals surface area contributed by atoms with Crippen LogP contribution in [0.15, 0.2) is 6.20 Å². The van der Waals surface area contributed by atoms with E-state index in [9.17, 15) is 19.5 Å². The van der Waals surface area contributed by atoms with E-state index in [1.54, 1.807) is 10.9 Å². The number of anilines is 1. The lowest BCUT2D eigenvalue weighted by Crippen LogP contribution is -2.38. The number of amides is 2. The molecule has 27 heavy (non-hydrogen) atoms. The highest BCUT2D eigenvalue weighted by molar-refractivity contribution is 6.03. The van der Waals surface area contributed by atoms with Gasteiger partial charge in [-0.1, -0.05) is 0 Å². The van der Waals surface area contributed by atoms with Crippen molar-refractivity contribution in [3.8, 4) is 0 Å². The highest BCUT2D eigenvalue weighted by atomic mass is 16.5. The normalized spacial score (nSPS) is 26.1. The van der Waals surface area contributed by atoms with Gasteiger partial charge >= 0.3 is 5.97 Å². The molecule has 9 heteroatoms. The first-order valence-electron chi connectivity index (χ1n) is 9.34. The maximum Gasteiger partial charge on any atom is 0.307 e. The zero-order valence-corrected chi connectivity index (χ0v) is 15.6. The van der Waals surface area contributed by atoms with Gasteiger partial charge in [0, 0.05) is 26.4 Å². The molecule has 2 amide bonds. The van der Waals surface area contributed by atoms with E-state index in [0.29, 0.717) is 25.4 Å². The number of aryl methyl sites for hydroxylation is 1. The Morgan fingerprint density at radius 3 is 2.63 bits per heavy atom. The van der Waals surface area contributed by atoms with Crippen molar-refractivity contribution in [3.05, 3.63) is 11.9 Å². The topological polar surface area (TPSA) is 123 Å². The number of carboxylic acid groups (broad SMARTS) is 1. The van der Waals surface area contributed by atoms with Crippen LogP contribution < -0.4 is 10.6 Å². The number of hydrogen-bond acceptors (Lipinski definition) is 5. The lowest BCUT2D eigenvalue weighted by atomic mass is 9.78. The fraction of sp³-hybridized carbons (Fsp3) is 0.667. The predicted octanol–water partition coefficient (Wildman–Crippen LogP) is 0.965. The second-order valence-electron chi connectivity index (χ2n) is 7.21. The molecule has 0 radical (unpaired) electrons. The molecular formula is C18H26N4O5. The zero-order chi connectivity index (χ0) is 19.6. The first kappa shape index (κ1) is 19.3. The Labute approximate surface area is 157 Å². The molecular weight excluding hydrogens is 352 g/mol. The summed E-state index contributed by atoms with van der Waals surface area (Å²) in [6.07, 6.45) is 4.14. The van der Waals surface area contributed by atoms with Gasteiger partial charge in [0.15, 0.2) is 5.69 Å². The molecule has 4 atom stereocenters. The summed E-state index contributed by atoms with van der Waals surface area (Å²) in [5.41, 5.74) is 0.431. The molecule has 148 valence electrons. The third-order valence-electron chi connectivity index (χ3n) is 5.65. The van der Waals surface area contributed by atoms with E-state index in [2.05, 4.69) is 15.7 Å². The van der Waals surface area contributed by atoms with E-state index in [1.165, 1.54) is 7.11 Å². The van der Waals surface area contributed by atoms with Gasteiger partial charge in [0.05, 0.1) is 24.1 Å². The number of aliphatic carboxylic acids is 1. The number of nitrogens with one attached hydrogen (secondary N) is 2. The Kier molecular flexibility index (Phi) is 5.79. The standard InChI is InChI=1S/C18H26N4O5/c1-3-22-9-12(15(21-22)17(24)19-6-7-27-2)20-16(23)13-10-4-5-11(8-10)14(13)18(25)26/h9-11,13-14H,3-8H2,1-2H3,(H,19,24)(H,20,23)(H,25,26). The van der Waals surface area contributed by atoms with Crippen LogP contribution in [0, 0.1) is 23.7 Å². The highest BCUT2D eigenvalue weighted by Crippen LogP contribution is 2.52. The molecule has 2 bridgehead atoms. The van der Waals surface area contributed by atoms with Gasteiger partial charge in [-0.15, -0.1) is 0 Å². The summed E-state index contributed by atoms with van der Waals surface area (Å²) in [4.78, 5) is 36.9. The molecule has 3 N–H and O–H groups in total. The van der Waals surface area contributed by atoms with E-state index >= 15 is 0 Å². The van der Waals surface area contributed by atoms with E-state index in [1.807, 2.05) is 6.92 Å². The monoisotopic (exact) mass is 378 g/mol. The summed E-state index contributed by atoms with van der Waals surface area (Å²) in [5, 5.41) is 19.2. The summed E-state index contributed by atoms with van der Waals surface area (Å²) in [5.74, 6) is -2.70. The average Bonchev–Trinajstić information content (AvgIpc) is 3.35. The number of hydrogen-bond donors (Lipinski definition) is 3. The average molecular weight is 378 g/mol. The highest BCUT2D eigenvalue weighted by Gasteiger charge is 2.54. The fourth-order valence-electron chi connectivity index (χ4n) is 4.43. The van der Waals surface area contributed by atoms with Gasteiger partial charge in [0.25, 0.3) is 5.91 Å². The largest absolute Gasteiger partial charge is 0.481 e. The molecule has 0 saturated heterocycles. The quantitative estimate of drug-likeness (QED) is 0.579. The van der Waals surface area contributed by atoms with Gasteiger partial charge in [0.1, 0.15) is 0 Å². The molecule has 0 spiro atoms. The molecule has 0 aliphatic heterocycles. The van der Waals surface area contributed by atoms with Crippen molar-refractivity contribution in [1.82, 2.24) is 15.1 Å². The predicted molar refractivity (Wildman–Crippen MR) is 96.2 cm³/mol. The van der Waals surface area contributed by atoms with Crippen molar-refractivity contribution in [2.24, 2.45) is 23.7 Å². The van der Waals surface area contributed by atoms with Crippen LogP contribution in [0.5, 0.6) is 0 Å². The minimum absolute atomic E-state index is 0.0680. The third kappa shape index (κ3) is 3.83. The molecule has 1 aromatic rings. The van der Waals surface area contributed by atoms with Crippen LogP contribution in [0.1, 0.15) is 36.7 Å². The molecule has 2 saturated carbocycles. The minimum Gasteiger partial charge on any atom is -0.481 e. The van der Waals surface area contributed by atoms with Crippen LogP contribution in [-0.4, -0.2) is 52.9 Å². The fourth-order valence-corrected chi connectivity index (χ4v) is 4.43. The molecule has 1 aromatic heterocycles. The van der Waals surface area contributed by atoms with Gasteiger partial charge in [-0.05, 0) is 38.0 Å². The molecule has 2 fully saturated rings. The lowest BCUT2D eigenvalue weighted by Gasteiger charge is -2.26.